The number of hydrogen-bond acceptors (Lipinski definition) is 2. The van der Waals surface area contributed by atoms with E-state index in [1.54, 1.807) is 0 Å². The summed E-state index contributed by atoms with van der Waals surface area (Å²) in [7, 11) is 0. The average molecular weight is 208 g/mol. The Bertz CT molecular complexity index is 249. The van der Waals surface area contributed by atoms with Gasteiger partial charge in [-0.2, -0.15) is 5.26 Å². The molecule has 0 aromatic heterocycles. The number of nitrogens with zero attached hydrogens (tertiary/aromatic N) is 2. The second kappa shape index (κ2) is 5.75. The highest BCUT2D eigenvalue weighted by Gasteiger charge is 2.26. The van der Waals surface area contributed by atoms with Gasteiger partial charge in [0, 0.05) is 12.1 Å². The van der Waals surface area contributed by atoms with Crippen molar-refractivity contribution < 1.29 is 4.79 Å². The summed E-state index contributed by atoms with van der Waals surface area (Å²) in [5.41, 5.74) is 0. The van der Waals surface area contributed by atoms with Crippen molar-refractivity contribution in [3.8, 4) is 6.07 Å². The molecule has 1 rings (SSSR count). The van der Waals surface area contributed by atoms with E-state index in [1.807, 2.05) is 24.8 Å². The van der Waals surface area contributed by atoms with Crippen molar-refractivity contribution in [2.45, 2.75) is 64.5 Å². The summed E-state index contributed by atoms with van der Waals surface area (Å²) in [6.45, 7) is 4.06. The zero-order valence-electron chi connectivity index (χ0n) is 9.70. The highest BCUT2D eigenvalue weighted by Crippen LogP contribution is 2.24. The minimum atomic E-state index is -0.000556. The molecule has 1 aliphatic carbocycles. The molecular formula is C12H20N2O. The van der Waals surface area contributed by atoms with Gasteiger partial charge in [0.15, 0.2) is 0 Å². The van der Waals surface area contributed by atoms with Crippen LogP contribution in [0.2, 0.25) is 0 Å². The molecule has 0 aromatic rings. The molecule has 0 radical (unpaired) electrons. The second-order valence-corrected chi connectivity index (χ2v) is 4.52. The van der Waals surface area contributed by atoms with Crippen molar-refractivity contribution >= 4 is 5.91 Å². The smallest absolute Gasteiger partial charge is 0.237 e. The molecule has 15 heavy (non-hydrogen) atoms. The van der Waals surface area contributed by atoms with Crippen LogP contribution in [0.5, 0.6) is 0 Å². The predicted octanol–water partition coefficient (Wildman–Crippen LogP) is 2.47. The Labute approximate surface area is 92.1 Å². The van der Waals surface area contributed by atoms with Gasteiger partial charge in [0.1, 0.15) is 6.42 Å². The van der Waals surface area contributed by atoms with Crippen molar-refractivity contribution in [1.82, 2.24) is 4.90 Å². The molecule has 3 nitrogen and oxygen atoms in total. The van der Waals surface area contributed by atoms with E-state index in [1.165, 1.54) is 19.3 Å². The standard InChI is InChI=1S/C12H20N2O/c1-10(2)14(12(15)8-9-13)11-6-4-3-5-7-11/h10-11H,3-8H2,1-2H3. The number of rotatable bonds is 3. The van der Waals surface area contributed by atoms with Crippen LogP contribution in [0.1, 0.15) is 52.4 Å². The van der Waals surface area contributed by atoms with Gasteiger partial charge in [-0.15, -0.1) is 0 Å². The second-order valence-electron chi connectivity index (χ2n) is 4.52. The van der Waals surface area contributed by atoms with Gasteiger partial charge < -0.3 is 4.90 Å². The molecule has 1 amide bonds. The maximum Gasteiger partial charge on any atom is 0.237 e. The Hall–Kier alpha value is -1.04. The highest BCUT2D eigenvalue weighted by atomic mass is 16.2. The molecule has 0 bridgehead atoms. The monoisotopic (exact) mass is 208 g/mol. The third-order valence-electron chi connectivity index (χ3n) is 3.04. The summed E-state index contributed by atoms with van der Waals surface area (Å²) in [6.07, 6.45) is 5.95. The normalized spacial score (nSPS) is 17.5. The topological polar surface area (TPSA) is 44.1 Å². The molecule has 0 saturated heterocycles. The van der Waals surface area contributed by atoms with Gasteiger partial charge >= 0.3 is 0 Å². The molecule has 0 N–H and O–H groups in total. The zero-order valence-corrected chi connectivity index (χ0v) is 9.70. The highest BCUT2D eigenvalue weighted by molar-refractivity contribution is 5.78. The number of nitriles is 1. The molecule has 1 fully saturated rings. The van der Waals surface area contributed by atoms with Crippen LogP contribution in [0.3, 0.4) is 0 Å². The lowest BCUT2D eigenvalue weighted by Gasteiger charge is -2.37. The number of carbonyl (C=O) groups excluding carboxylic acids is 1. The summed E-state index contributed by atoms with van der Waals surface area (Å²) in [5, 5.41) is 8.57. The molecule has 3 heteroatoms. The van der Waals surface area contributed by atoms with Crippen molar-refractivity contribution in [1.29, 1.82) is 5.26 Å². The minimum absolute atomic E-state index is 0.000556. The lowest BCUT2D eigenvalue weighted by atomic mass is 9.93. The van der Waals surface area contributed by atoms with Gasteiger partial charge in [-0.05, 0) is 26.7 Å². The largest absolute Gasteiger partial charge is 0.336 e. The average Bonchev–Trinajstić information content (AvgIpc) is 2.19. The van der Waals surface area contributed by atoms with Crippen molar-refractivity contribution in [3.63, 3.8) is 0 Å². The summed E-state index contributed by atoms with van der Waals surface area (Å²) in [4.78, 5) is 13.7. The molecule has 84 valence electrons. The van der Waals surface area contributed by atoms with E-state index in [-0.39, 0.29) is 18.4 Å². The van der Waals surface area contributed by atoms with Gasteiger partial charge in [0.25, 0.3) is 0 Å². The van der Waals surface area contributed by atoms with Crippen LogP contribution < -0.4 is 0 Å². The van der Waals surface area contributed by atoms with E-state index in [2.05, 4.69) is 0 Å². The van der Waals surface area contributed by atoms with Crippen LogP contribution in [0.25, 0.3) is 0 Å². The SMILES string of the molecule is CC(C)N(C(=O)CC#N)C1CCCCC1. The third kappa shape index (κ3) is 3.23. The van der Waals surface area contributed by atoms with E-state index >= 15 is 0 Å². The van der Waals surface area contributed by atoms with E-state index in [9.17, 15) is 4.79 Å². The van der Waals surface area contributed by atoms with E-state index in [4.69, 9.17) is 5.26 Å². The van der Waals surface area contributed by atoms with Crippen molar-refractivity contribution in [2.24, 2.45) is 0 Å². The summed E-state index contributed by atoms with van der Waals surface area (Å²) in [6, 6.07) is 2.54. The first kappa shape index (κ1) is 12.0. The van der Waals surface area contributed by atoms with Crippen LogP contribution in [-0.4, -0.2) is 22.9 Å². The lowest BCUT2D eigenvalue weighted by molar-refractivity contribution is -0.135. The Kier molecular flexibility index (Phi) is 4.61. The van der Waals surface area contributed by atoms with E-state index < -0.39 is 0 Å². The fourth-order valence-electron chi connectivity index (χ4n) is 2.43. The molecule has 0 aliphatic heterocycles. The maximum atomic E-state index is 11.8. The Morgan fingerprint density at radius 3 is 2.47 bits per heavy atom. The summed E-state index contributed by atoms with van der Waals surface area (Å²) >= 11 is 0. The number of hydrogen-bond donors (Lipinski definition) is 0. The quantitative estimate of drug-likeness (QED) is 0.715. The predicted molar refractivity (Wildman–Crippen MR) is 59.1 cm³/mol. The molecule has 1 saturated carbocycles. The van der Waals surface area contributed by atoms with Crippen molar-refractivity contribution in [2.75, 3.05) is 0 Å². The fraction of sp³-hybridized carbons (Fsp3) is 0.833. The Balaban J connectivity index is 2.64. The fourth-order valence-corrected chi connectivity index (χ4v) is 2.43. The molecule has 0 atom stereocenters. The molecule has 0 unspecified atom stereocenters. The summed E-state index contributed by atoms with van der Waals surface area (Å²) < 4.78 is 0. The Morgan fingerprint density at radius 2 is 2.00 bits per heavy atom. The van der Waals surface area contributed by atoms with Gasteiger partial charge in [0.2, 0.25) is 5.91 Å². The minimum Gasteiger partial charge on any atom is -0.336 e. The number of amides is 1. The molecule has 1 aliphatic rings. The van der Waals surface area contributed by atoms with Gasteiger partial charge in [-0.25, -0.2) is 0 Å². The first-order valence-electron chi connectivity index (χ1n) is 5.85. The van der Waals surface area contributed by atoms with Gasteiger partial charge in [-0.3, -0.25) is 4.79 Å². The van der Waals surface area contributed by atoms with Crippen molar-refractivity contribution in [3.05, 3.63) is 0 Å². The number of carbonyl (C=O) groups is 1. The van der Waals surface area contributed by atoms with Gasteiger partial charge in [-0.1, -0.05) is 19.3 Å². The zero-order chi connectivity index (χ0) is 11.3. The van der Waals surface area contributed by atoms with E-state index in [0.29, 0.717) is 6.04 Å². The van der Waals surface area contributed by atoms with E-state index in [0.717, 1.165) is 12.8 Å². The van der Waals surface area contributed by atoms with Crippen LogP contribution in [0.4, 0.5) is 0 Å². The van der Waals surface area contributed by atoms with Crippen LogP contribution in [0, 0.1) is 11.3 Å². The molecule has 0 heterocycles. The van der Waals surface area contributed by atoms with Crippen LogP contribution >= 0.6 is 0 Å². The summed E-state index contributed by atoms with van der Waals surface area (Å²) in [5.74, 6) is -0.000556. The molecular weight excluding hydrogens is 188 g/mol. The molecule has 0 spiro atoms. The first-order chi connectivity index (χ1) is 7.16. The van der Waals surface area contributed by atoms with Crippen LogP contribution in [0.15, 0.2) is 0 Å². The first-order valence-corrected chi connectivity index (χ1v) is 5.85. The Morgan fingerprint density at radius 1 is 1.40 bits per heavy atom. The third-order valence-corrected chi connectivity index (χ3v) is 3.04. The van der Waals surface area contributed by atoms with Crippen LogP contribution in [-0.2, 0) is 4.79 Å². The maximum absolute atomic E-state index is 11.8. The lowest BCUT2D eigenvalue weighted by Crippen LogP contribution is -2.45. The van der Waals surface area contributed by atoms with Gasteiger partial charge in [0.05, 0.1) is 6.07 Å². The molecule has 0 aromatic carbocycles.